The number of carboxylic acids is 1. The Morgan fingerprint density at radius 2 is 2.17 bits per heavy atom. The summed E-state index contributed by atoms with van der Waals surface area (Å²) in [6.45, 7) is 6.88. The summed E-state index contributed by atoms with van der Waals surface area (Å²) in [4.78, 5) is 21.5. The van der Waals surface area contributed by atoms with E-state index in [1.807, 2.05) is 25.8 Å². The third kappa shape index (κ3) is 3.42. The van der Waals surface area contributed by atoms with Gasteiger partial charge in [-0.15, -0.1) is 0 Å². The van der Waals surface area contributed by atoms with Gasteiger partial charge in [0.1, 0.15) is 17.2 Å². The first-order valence-electron chi connectivity index (χ1n) is 6.28. The lowest BCUT2D eigenvalue weighted by Gasteiger charge is -2.20. The zero-order chi connectivity index (χ0) is 13.7. The molecule has 0 aromatic carbocycles. The van der Waals surface area contributed by atoms with Crippen molar-refractivity contribution >= 4 is 11.8 Å². The van der Waals surface area contributed by atoms with Crippen LogP contribution in [0.15, 0.2) is 6.20 Å². The Balaban J connectivity index is 3.10. The summed E-state index contributed by atoms with van der Waals surface area (Å²) in [7, 11) is 1.87. The first-order valence-corrected chi connectivity index (χ1v) is 6.28. The van der Waals surface area contributed by atoms with Crippen molar-refractivity contribution in [3.8, 4) is 0 Å². The standard InChI is InChI=1S/C13H21N3O2/c1-5-6-7-16(4)12-10(13(17)18)8-14-11(15-12)9(2)3/h8-9H,5-7H2,1-4H3,(H,17,18). The Morgan fingerprint density at radius 1 is 1.50 bits per heavy atom. The van der Waals surface area contributed by atoms with Crippen LogP contribution in [0, 0.1) is 0 Å². The monoisotopic (exact) mass is 251 g/mol. The molecule has 1 heterocycles. The molecule has 0 aliphatic carbocycles. The van der Waals surface area contributed by atoms with Gasteiger partial charge in [-0.25, -0.2) is 14.8 Å². The van der Waals surface area contributed by atoms with Crippen molar-refractivity contribution in [2.24, 2.45) is 0 Å². The highest BCUT2D eigenvalue weighted by Crippen LogP contribution is 2.19. The van der Waals surface area contributed by atoms with Gasteiger partial charge in [0, 0.05) is 25.7 Å². The maximum absolute atomic E-state index is 11.2. The molecular formula is C13H21N3O2. The third-order valence-corrected chi connectivity index (χ3v) is 2.74. The number of rotatable bonds is 6. The van der Waals surface area contributed by atoms with Crippen LogP contribution in [0.4, 0.5) is 5.82 Å². The number of aromatic carboxylic acids is 1. The minimum absolute atomic E-state index is 0.165. The van der Waals surface area contributed by atoms with Crippen molar-refractivity contribution in [2.75, 3.05) is 18.5 Å². The molecule has 0 unspecified atom stereocenters. The third-order valence-electron chi connectivity index (χ3n) is 2.74. The van der Waals surface area contributed by atoms with Crippen molar-refractivity contribution in [2.45, 2.75) is 39.5 Å². The van der Waals surface area contributed by atoms with Crippen LogP contribution in [0.1, 0.15) is 55.7 Å². The molecule has 0 aliphatic rings. The van der Waals surface area contributed by atoms with Gasteiger partial charge in [0.25, 0.3) is 0 Å². The smallest absolute Gasteiger partial charge is 0.341 e. The van der Waals surface area contributed by atoms with Gasteiger partial charge in [-0.1, -0.05) is 27.2 Å². The molecule has 0 radical (unpaired) electrons. The number of carboxylic acid groups (broad SMARTS) is 1. The Labute approximate surface area is 108 Å². The fraction of sp³-hybridized carbons (Fsp3) is 0.615. The van der Waals surface area contributed by atoms with Crippen LogP contribution < -0.4 is 4.90 Å². The van der Waals surface area contributed by atoms with Crippen molar-refractivity contribution in [1.82, 2.24) is 9.97 Å². The number of hydrogen-bond donors (Lipinski definition) is 1. The van der Waals surface area contributed by atoms with Crippen LogP contribution in [0.3, 0.4) is 0 Å². The lowest BCUT2D eigenvalue weighted by molar-refractivity contribution is 0.0696. The van der Waals surface area contributed by atoms with Gasteiger partial charge in [0.15, 0.2) is 0 Å². The summed E-state index contributed by atoms with van der Waals surface area (Å²) in [5, 5.41) is 9.16. The molecule has 18 heavy (non-hydrogen) atoms. The van der Waals surface area contributed by atoms with Crippen molar-refractivity contribution in [3.05, 3.63) is 17.6 Å². The van der Waals surface area contributed by atoms with E-state index in [1.54, 1.807) is 0 Å². The fourth-order valence-electron chi connectivity index (χ4n) is 1.61. The number of carbonyl (C=O) groups is 1. The highest BCUT2D eigenvalue weighted by molar-refractivity contribution is 5.92. The van der Waals surface area contributed by atoms with Crippen LogP contribution in [-0.4, -0.2) is 34.6 Å². The molecule has 0 saturated heterocycles. The summed E-state index contributed by atoms with van der Waals surface area (Å²) in [6.07, 6.45) is 3.48. The van der Waals surface area contributed by atoms with Gasteiger partial charge in [-0.2, -0.15) is 0 Å². The molecule has 0 spiro atoms. The Morgan fingerprint density at radius 3 is 2.67 bits per heavy atom. The highest BCUT2D eigenvalue weighted by atomic mass is 16.4. The predicted molar refractivity (Wildman–Crippen MR) is 71.3 cm³/mol. The Bertz CT molecular complexity index is 419. The molecule has 1 N–H and O–H groups in total. The SMILES string of the molecule is CCCCN(C)c1nc(C(C)C)ncc1C(=O)O. The maximum atomic E-state index is 11.2. The second-order valence-electron chi connectivity index (χ2n) is 4.70. The Hall–Kier alpha value is -1.65. The number of nitrogens with zero attached hydrogens (tertiary/aromatic N) is 3. The van der Waals surface area contributed by atoms with Gasteiger partial charge in [0.2, 0.25) is 0 Å². The molecule has 1 aromatic rings. The number of anilines is 1. The van der Waals surface area contributed by atoms with E-state index in [1.165, 1.54) is 6.20 Å². The van der Waals surface area contributed by atoms with E-state index >= 15 is 0 Å². The molecule has 1 rings (SSSR count). The molecule has 0 aliphatic heterocycles. The summed E-state index contributed by atoms with van der Waals surface area (Å²) in [5.41, 5.74) is 0.165. The summed E-state index contributed by atoms with van der Waals surface area (Å²) in [5.74, 6) is 0.392. The topological polar surface area (TPSA) is 66.3 Å². The van der Waals surface area contributed by atoms with E-state index in [4.69, 9.17) is 5.11 Å². The van der Waals surface area contributed by atoms with Crippen LogP contribution in [0.25, 0.3) is 0 Å². The van der Waals surface area contributed by atoms with Crippen LogP contribution in [-0.2, 0) is 0 Å². The second-order valence-corrected chi connectivity index (χ2v) is 4.70. The minimum atomic E-state index is -0.983. The van der Waals surface area contributed by atoms with Gasteiger partial charge >= 0.3 is 5.97 Å². The van der Waals surface area contributed by atoms with Crippen LogP contribution in [0.5, 0.6) is 0 Å². The van der Waals surface area contributed by atoms with E-state index < -0.39 is 5.97 Å². The largest absolute Gasteiger partial charge is 0.477 e. The fourth-order valence-corrected chi connectivity index (χ4v) is 1.61. The maximum Gasteiger partial charge on any atom is 0.341 e. The minimum Gasteiger partial charge on any atom is -0.477 e. The molecule has 5 heteroatoms. The zero-order valence-corrected chi connectivity index (χ0v) is 11.5. The normalized spacial score (nSPS) is 10.7. The Kier molecular flexibility index (Phi) is 5.07. The first-order chi connectivity index (χ1) is 8.47. The van der Waals surface area contributed by atoms with E-state index in [2.05, 4.69) is 16.9 Å². The van der Waals surface area contributed by atoms with Gasteiger partial charge in [0.05, 0.1) is 0 Å². The molecule has 0 amide bonds. The number of unbranched alkanes of at least 4 members (excludes halogenated alkanes) is 1. The molecular weight excluding hydrogens is 230 g/mol. The zero-order valence-electron chi connectivity index (χ0n) is 11.5. The molecule has 0 bridgehead atoms. The number of hydrogen-bond acceptors (Lipinski definition) is 4. The molecule has 1 aromatic heterocycles. The van der Waals surface area contributed by atoms with Gasteiger partial charge in [-0.05, 0) is 6.42 Å². The van der Waals surface area contributed by atoms with E-state index in [0.717, 1.165) is 19.4 Å². The molecule has 0 saturated carbocycles. The van der Waals surface area contributed by atoms with E-state index in [9.17, 15) is 4.79 Å². The number of aromatic nitrogens is 2. The molecule has 0 atom stereocenters. The lowest BCUT2D eigenvalue weighted by atomic mass is 10.2. The summed E-state index contributed by atoms with van der Waals surface area (Å²) < 4.78 is 0. The second kappa shape index (κ2) is 6.33. The molecule has 0 fully saturated rings. The quantitative estimate of drug-likeness (QED) is 0.841. The average Bonchev–Trinajstić information content (AvgIpc) is 2.34. The molecule has 100 valence electrons. The van der Waals surface area contributed by atoms with E-state index in [-0.39, 0.29) is 11.5 Å². The van der Waals surface area contributed by atoms with Crippen LogP contribution >= 0.6 is 0 Å². The molecule has 5 nitrogen and oxygen atoms in total. The summed E-state index contributed by atoms with van der Waals surface area (Å²) in [6, 6.07) is 0. The predicted octanol–water partition coefficient (Wildman–Crippen LogP) is 2.53. The van der Waals surface area contributed by atoms with Crippen molar-refractivity contribution in [3.63, 3.8) is 0 Å². The van der Waals surface area contributed by atoms with Gasteiger partial charge in [-0.3, -0.25) is 0 Å². The van der Waals surface area contributed by atoms with Crippen LogP contribution in [0.2, 0.25) is 0 Å². The highest BCUT2D eigenvalue weighted by Gasteiger charge is 2.17. The lowest BCUT2D eigenvalue weighted by Crippen LogP contribution is -2.23. The summed E-state index contributed by atoms with van der Waals surface area (Å²) >= 11 is 0. The van der Waals surface area contributed by atoms with Crippen molar-refractivity contribution < 1.29 is 9.90 Å². The van der Waals surface area contributed by atoms with Gasteiger partial charge < -0.3 is 10.0 Å². The first kappa shape index (κ1) is 14.4. The van der Waals surface area contributed by atoms with E-state index in [0.29, 0.717) is 11.6 Å². The average molecular weight is 251 g/mol. The van der Waals surface area contributed by atoms with Crippen molar-refractivity contribution in [1.29, 1.82) is 0 Å².